The first kappa shape index (κ1) is 10.3. The van der Waals surface area contributed by atoms with Gasteiger partial charge in [0, 0.05) is 32.2 Å². The quantitative estimate of drug-likeness (QED) is 0.797. The van der Waals surface area contributed by atoms with Crippen LogP contribution in [0.2, 0.25) is 0 Å². The maximum atomic E-state index is 5.77. The minimum absolute atomic E-state index is 0.377. The number of hydrogen-bond donors (Lipinski definition) is 1. The molecule has 3 aliphatic rings. The SMILES string of the molecule is c1ccc(CN2CC3CNCC2CO3)cc1. The van der Waals surface area contributed by atoms with Crippen molar-refractivity contribution >= 4 is 0 Å². The third-order valence-electron chi connectivity index (χ3n) is 3.46. The standard InChI is InChI=1S/C13H18N2O/c1-2-4-11(5-3-1)8-15-9-13-7-14-6-12(15)10-16-13/h1-5,12-14H,6-10H2. The van der Waals surface area contributed by atoms with Crippen LogP contribution in [0.5, 0.6) is 0 Å². The smallest absolute Gasteiger partial charge is 0.0827 e. The van der Waals surface area contributed by atoms with Gasteiger partial charge in [-0.2, -0.15) is 0 Å². The normalized spacial score (nSPS) is 30.2. The van der Waals surface area contributed by atoms with Crippen molar-refractivity contribution in [3.8, 4) is 0 Å². The molecule has 0 saturated carbocycles. The van der Waals surface area contributed by atoms with Gasteiger partial charge >= 0.3 is 0 Å². The van der Waals surface area contributed by atoms with E-state index in [2.05, 4.69) is 40.5 Å². The van der Waals surface area contributed by atoms with Crippen LogP contribution in [-0.2, 0) is 11.3 Å². The molecule has 3 aliphatic heterocycles. The highest BCUT2D eigenvalue weighted by atomic mass is 16.5. The zero-order valence-corrected chi connectivity index (χ0v) is 9.43. The Morgan fingerprint density at radius 2 is 2.12 bits per heavy atom. The van der Waals surface area contributed by atoms with Crippen LogP contribution >= 0.6 is 0 Å². The summed E-state index contributed by atoms with van der Waals surface area (Å²) >= 11 is 0. The van der Waals surface area contributed by atoms with E-state index in [0.29, 0.717) is 12.1 Å². The van der Waals surface area contributed by atoms with Gasteiger partial charge in [0.05, 0.1) is 12.7 Å². The summed E-state index contributed by atoms with van der Waals surface area (Å²) in [6.45, 7) is 5.05. The first-order valence-corrected chi connectivity index (χ1v) is 6.02. The Kier molecular flexibility index (Phi) is 2.91. The molecule has 3 saturated heterocycles. The van der Waals surface area contributed by atoms with Crippen molar-refractivity contribution in [1.82, 2.24) is 10.2 Å². The molecule has 0 radical (unpaired) electrons. The van der Waals surface area contributed by atoms with Gasteiger partial charge in [0.15, 0.2) is 0 Å². The fourth-order valence-corrected chi connectivity index (χ4v) is 2.55. The zero-order valence-electron chi connectivity index (χ0n) is 9.43. The maximum Gasteiger partial charge on any atom is 0.0827 e. The summed E-state index contributed by atoms with van der Waals surface area (Å²) < 4.78 is 5.77. The Bertz CT molecular complexity index is 337. The van der Waals surface area contributed by atoms with Crippen LogP contribution in [0.3, 0.4) is 0 Å². The van der Waals surface area contributed by atoms with Gasteiger partial charge in [-0.05, 0) is 5.56 Å². The van der Waals surface area contributed by atoms with Crippen LogP contribution in [0.1, 0.15) is 5.56 Å². The molecule has 2 unspecified atom stereocenters. The second-order valence-electron chi connectivity index (χ2n) is 4.68. The summed E-state index contributed by atoms with van der Waals surface area (Å²) in [7, 11) is 0. The molecule has 1 aromatic carbocycles. The van der Waals surface area contributed by atoms with E-state index < -0.39 is 0 Å². The number of nitrogens with zero attached hydrogens (tertiary/aromatic N) is 1. The predicted molar refractivity (Wildman–Crippen MR) is 63.2 cm³/mol. The second kappa shape index (κ2) is 4.53. The minimum Gasteiger partial charge on any atom is -0.374 e. The fraction of sp³-hybridized carbons (Fsp3) is 0.538. The van der Waals surface area contributed by atoms with E-state index in [4.69, 9.17) is 4.74 Å². The predicted octanol–water partition coefficient (Wildman–Crippen LogP) is 0.859. The Hall–Kier alpha value is -0.900. The summed E-state index contributed by atoms with van der Waals surface area (Å²) in [6.07, 6.45) is 0.377. The van der Waals surface area contributed by atoms with E-state index in [9.17, 15) is 0 Å². The van der Waals surface area contributed by atoms with Gasteiger partial charge in [-0.1, -0.05) is 30.3 Å². The largest absolute Gasteiger partial charge is 0.374 e. The van der Waals surface area contributed by atoms with Crippen LogP contribution in [0, 0.1) is 0 Å². The lowest BCUT2D eigenvalue weighted by atomic mass is 10.1. The van der Waals surface area contributed by atoms with Crippen molar-refractivity contribution in [2.45, 2.75) is 18.7 Å². The van der Waals surface area contributed by atoms with Gasteiger partial charge in [0.1, 0.15) is 0 Å². The van der Waals surface area contributed by atoms with E-state index in [1.54, 1.807) is 0 Å². The molecule has 3 nitrogen and oxygen atoms in total. The van der Waals surface area contributed by atoms with Crippen LogP contribution in [0.4, 0.5) is 0 Å². The van der Waals surface area contributed by atoms with Crippen LogP contribution in [0.25, 0.3) is 0 Å². The number of rotatable bonds is 2. The van der Waals surface area contributed by atoms with Gasteiger partial charge in [-0.15, -0.1) is 0 Å². The molecular formula is C13H18N2O. The molecule has 0 amide bonds. The van der Waals surface area contributed by atoms with Crippen molar-refractivity contribution in [1.29, 1.82) is 0 Å². The number of fused-ring (bicyclic) bond motifs is 4. The van der Waals surface area contributed by atoms with Gasteiger partial charge < -0.3 is 10.1 Å². The maximum absolute atomic E-state index is 5.77. The number of benzene rings is 1. The highest BCUT2D eigenvalue weighted by Crippen LogP contribution is 2.17. The summed E-state index contributed by atoms with van der Waals surface area (Å²) in [4.78, 5) is 2.55. The molecule has 86 valence electrons. The Morgan fingerprint density at radius 1 is 1.25 bits per heavy atom. The van der Waals surface area contributed by atoms with E-state index >= 15 is 0 Å². The third-order valence-corrected chi connectivity index (χ3v) is 3.46. The molecule has 3 fully saturated rings. The van der Waals surface area contributed by atoms with E-state index in [1.165, 1.54) is 5.56 Å². The fourth-order valence-electron chi connectivity index (χ4n) is 2.55. The van der Waals surface area contributed by atoms with Gasteiger partial charge in [-0.25, -0.2) is 0 Å². The van der Waals surface area contributed by atoms with Crippen molar-refractivity contribution in [3.05, 3.63) is 35.9 Å². The average Bonchev–Trinajstić information content (AvgIpc) is 2.65. The summed E-state index contributed by atoms with van der Waals surface area (Å²) in [5.41, 5.74) is 1.40. The Morgan fingerprint density at radius 3 is 3.00 bits per heavy atom. The van der Waals surface area contributed by atoms with Gasteiger partial charge in [-0.3, -0.25) is 4.90 Å². The third kappa shape index (κ3) is 2.12. The first-order chi connectivity index (χ1) is 7.92. The molecule has 2 bridgehead atoms. The lowest BCUT2D eigenvalue weighted by Gasteiger charge is -2.36. The van der Waals surface area contributed by atoms with Gasteiger partial charge in [0.2, 0.25) is 0 Å². The first-order valence-electron chi connectivity index (χ1n) is 6.02. The van der Waals surface area contributed by atoms with Crippen LogP contribution in [0.15, 0.2) is 30.3 Å². The second-order valence-corrected chi connectivity index (χ2v) is 4.68. The Balaban J connectivity index is 1.71. The van der Waals surface area contributed by atoms with Crippen molar-refractivity contribution in [3.63, 3.8) is 0 Å². The van der Waals surface area contributed by atoms with Crippen LogP contribution in [-0.4, -0.2) is 43.3 Å². The molecule has 3 heteroatoms. The summed E-state index contributed by atoms with van der Waals surface area (Å²) in [5.74, 6) is 0. The van der Waals surface area contributed by atoms with Crippen LogP contribution < -0.4 is 5.32 Å². The minimum atomic E-state index is 0.377. The van der Waals surface area contributed by atoms with E-state index in [-0.39, 0.29) is 0 Å². The molecule has 2 atom stereocenters. The number of hydrogen-bond acceptors (Lipinski definition) is 3. The molecule has 1 aromatic rings. The van der Waals surface area contributed by atoms with Crippen molar-refractivity contribution < 1.29 is 4.74 Å². The Labute approximate surface area is 96.4 Å². The lowest BCUT2D eigenvalue weighted by molar-refractivity contribution is -0.0452. The molecule has 4 rings (SSSR count). The molecular weight excluding hydrogens is 200 g/mol. The summed E-state index contributed by atoms with van der Waals surface area (Å²) in [5, 5.41) is 3.46. The monoisotopic (exact) mass is 218 g/mol. The van der Waals surface area contributed by atoms with Crippen molar-refractivity contribution in [2.24, 2.45) is 0 Å². The average molecular weight is 218 g/mol. The zero-order chi connectivity index (χ0) is 10.8. The van der Waals surface area contributed by atoms with E-state index in [0.717, 1.165) is 32.8 Å². The van der Waals surface area contributed by atoms with Crippen molar-refractivity contribution in [2.75, 3.05) is 26.2 Å². The molecule has 0 aliphatic carbocycles. The summed E-state index contributed by atoms with van der Waals surface area (Å²) in [6, 6.07) is 11.2. The molecule has 0 aromatic heterocycles. The lowest BCUT2D eigenvalue weighted by Crippen LogP contribution is -2.48. The number of ether oxygens (including phenoxy) is 1. The molecule has 0 spiro atoms. The number of morpholine rings is 1. The highest BCUT2D eigenvalue weighted by Gasteiger charge is 2.31. The molecule has 16 heavy (non-hydrogen) atoms. The highest BCUT2D eigenvalue weighted by molar-refractivity contribution is 5.15. The van der Waals surface area contributed by atoms with E-state index in [1.807, 2.05) is 0 Å². The topological polar surface area (TPSA) is 24.5 Å². The molecule has 1 N–H and O–H groups in total. The molecule has 3 heterocycles. The van der Waals surface area contributed by atoms with Gasteiger partial charge in [0.25, 0.3) is 0 Å². The number of nitrogens with one attached hydrogen (secondary N) is 1.